The van der Waals surface area contributed by atoms with Crippen molar-refractivity contribution < 1.29 is 13.2 Å². The summed E-state index contributed by atoms with van der Waals surface area (Å²) in [6.45, 7) is 5.94. The van der Waals surface area contributed by atoms with Gasteiger partial charge in [0.05, 0.1) is 27.1 Å². The molecule has 2 fully saturated rings. The van der Waals surface area contributed by atoms with Crippen LogP contribution in [0.1, 0.15) is 33.1 Å². The molecule has 2 saturated heterocycles. The number of sulfonamides is 1. The number of rotatable bonds is 5. The number of benzene rings is 1. The topological polar surface area (TPSA) is 69.7 Å². The van der Waals surface area contributed by atoms with Crippen LogP contribution in [0, 0.1) is 5.92 Å². The van der Waals surface area contributed by atoms with E-state index in [1.807, 2.05) is 4.90 Å². The van der Waals surface area contributed by atoms with Crippen LogP contribution in [0.2, 0.25) is 10.0 Å². The summed E-state index contributed by atoms with van der Waals surface area (Å²) < 4.78 is 27.4. The minimum Gasteiger partial charge on any atom is -0.323 e. The number of hydrogen-bond acceptors (Lipinski definition) is 4. The Kier molecular flexibility index (Phi) is 6.08. The largest absolute Gasteiger partial charge is 0.323 e. The first kappa shape index (κ1) is 20.9. The summed E-state index contributed by atoms with van der Waals surface area (Å²) in [4.78, 5) is 14.4. The van der Waals surface area contributed by atoms with Crippen molar-refractivity contribution in [2.45, 2.75) is 43.7 Å². The quantitative estimate of drug-likeness (QED) is 0.774. The molecule has 27 heavy (non-hydrogen) atoms. The predicted octanol–water partition coefficient (Wildman–Crippen LogP) is 2.95. The molecular weight excluding hydrogens is 409 g/mol. The molecular formula is C18H25Cl2N3O3S. The minimum atomic E-state index is -3.65. The molecule has 1 amide bonds. The maximum Gasteiger partial charge on any atom is 0.243 e. The number of amides is 1. The summed E-state index contributed by atoms with van der Waals surface area (Å²) in [6, 6.07) is 4.35. The molecule has 9 heteroatoms. The van der Waals surface area contributed by atoms with E-state index in [1.54, 1.807) is 0 Å². The van der Waals surface area contributed by atoms with Crippen LogP contribution in [-0.4, -0.2) is 55.4 Å². The molecule has 2 aliphatic heterocycles. The zero-order valence-electron chi connectivity index (χ0n) is 15.5. The number of halogens is 2. The van der Waals surface area contributed by atoms with Gasteiger partial charge in [0.1, 0.15) is 0 Å². The van der Waals surface area contributed by atoms with Crippen LogP contribution in [0.3, 0.4) is 0 Å². The first-order chi connectivity index (χ1) is 12.7. The second-order valence-corrected chi connectivity index (χ2v) is 10.1. The summed E-state index contributed by atoms with van der Waals surface area (Å²) in [7, 11) is -3.65. The Morgan fingerprint density at radius 2 is 1.89 bits per heavy atom. The van der Waals surface area contributed by atoms with Gasteiger partial charge in [0.25, 0.3) is 0 Å². The molecule has 0 aliphatic carbocycles. The van der Waals surface area contributed by atoms with Gasteiger partial charge in [0.15, 0.2) is 0 Å². The summed E-state index contributed by atoms with van der Waals surface area (Å²) in [6.07, 6.45) is 2.13. The monoisotopic (exact) mass is 433 g/mol. The molecule has 1 N–H and O–H groups in total. The van der Waals surface area contributed by atoms with Gasteiger partial charge in [0, 0.05) is 19.6 Å². The predicted molar refractivity (Wildman–Crippen MR) is 106 cm³/mol. The molecule has 150 valence electrons. The van der Waals surface area contributed by atoms with Crippen LogP contribution < -0.4 is 5.32 Å². The molecule has 1 spiro atoms. The molecule has 0 unspecified atom stereocenters. The number of nitrogens with zero attached hydrogens (tertiary/aromatic N) is 2. The number of hydrogen-bond donors (Lipinski definition) is 1. The highest BCUT2D eigenvalue weighted by Crippen LogP contribution is 2.34. The standard InChI is InChI=1S/C18H25Cl2N3O3S/c1-3-13(2)12-23-17(24)11-21-18(23)6-8-22(9-7-18)27(25,26)14-4-5-15(19)16(20)10-14/h4-5,10,13,21H,3,6-9,11-12H2,1-2H3/t13-/m1/s1. The van der Waals surface area contributed by atoms with Crippen molar-refractivity contribution in [2.75, 3.05) is 26.2 Å². The summed E-state index contributed by atoms with van der Waals surface area (Å²) in [5, 5.41) is 3.88. The van der Waals surface area contributed by atoms with Crippen molar-refractivity contribution in [1.82, 2.24) is 14.5 Å². The van der Waals surface area contributed by atoms with E-state index in [2.05, 4.69) is 19.2 Å². The Morgan fingerprint density at radius 3 is 2.48 bits per heavy atom. The van der Waals surface area contributed by atoms with Gasteiger partial charge in [-0.05, 0) is 37.0 Å². The molecule has 2 heterocycles. The fourth-order valence-electron chi connectivity index (χ4n) is 3.72. The summed E-state index contributed by atoms with van der Waals surface area (Å²) in [5.74, 6) is 0.500. The lowest BCUT2D eigenvalue weighted by Gasteiger charge is -2.45. The first-order valence-corrected chi connectivity index (χ1v) is 11.4. The van der Waals surface area contributed by atoms with Gasteiger partial charge < -0.3 is 4.90 Å². The van der Waals surface area contributed by atoms with E-state index in [0.717, 1.165) is 6.42 Å². The van der Waals surface area contributed by atoms with Crippen LogP contribution in [0.5, 0.6) is 0 Å². The maximum atomic E-state index is 12.9. The minimum absolute atomic E-state index is 0.0936. The molecule has 0 radical (unpaired) electrons. The second-order valence-electron chi connectivity index (χ2n) is 7.38. The molecule has 0 saturated carbocycles. The van der Waals surface area contributed by atoms with Gasteiger partial charge in [-0.3, -0.25) is 10.1 Å². The van der Waals surface area contributed by atoms with Crippen molar-refractivity contribution >= 4 is 39.1 Å². The van der Waals surface area contributed by atoms with Crippen LogP contribution >= 0.6 is 23.2 Å². The van der Waals surface area contributed by atoms with Crippen LogP contribution in [-0.2, 0) is 14.8 Å². The highest BCUT2D eigenvalue weighted by Gasteiger charge is 2.48. The smallest absolute Gasteiger partial charge is 0.243 e. The Bertz CT molecular complexity index is 823. The Hall–Kier alpha value is -0.860. The third kappa shape index (κ3) is 3.98. The molecule has 6 nitrogen and oxygen atoms in total. The molecule has 0 bridgehead atoms. The third-order valence-electron chi connectivity index (χ3n) is 5.66. The van der Waals surface area contributed by atoms with Gasteiger partial charge in [-0.2, -0.15) is 4.31 Å². The molecule has 1 aromatic carbocycles. The van der Waals surface area contributed by atoms with E-state index in [1.165, 1.54) is 22.5 Å². The van der Waals surface area contributed by atoms with Gasteiger partial charge >= 0.3 is 0 Å². The highest BCUT2D eigenvalue weighted by atomic mass is 35.5. The number of carbonyl (C=O) groups excluding carboxylic acids is 1. The normalized spacial score (nSPS) is 21.8. The average Bonchev–Trinajstić information content (AvgIpc) is 2.93. The van der Waals surface area contributed by atoms with Crippen LogP contribution in [0.25, 0.3) is 0 Å². The average molecular weight is 434 g/mol. The van der Waals surface area contributed by atoms with E-state index in [-0.39, 0.29) is 15.8 Å². The van der Waals surface area contributed by atoms with E-state index < -0.39 is 15.7 Å². The van der Waals surface area contributed by atoms with Crippen molar-refractivity contribution in [1.29, 1.82) is 0 Å². The van der Waals surface area contributed by atoms with E-state index >= 15 is 0 Å². The zero-order valence-corrected chi connectivity index (χ0v) is 17.9. The van der Waals surface area contributed by atoms with E-state index in [0.29, 0.717) is 50.0 Å². The summed E-state index contributed by atoms with van der Waals surface area (Å²) in [5.41, 5.74) is -0.440. The van der Waals surface area contributed by atoms with Crippen LogP contribution in [0.4, 0.5) is 0 Å². The van der Waals surface area contributed by atoms with Crippen molar-refractivity contribution in [3.63, 3.8) is 0 Å². The Morgan fingerprint density at radius 1 is 1.22 bits per heavy atom. The lowest BCUT2D eigenvalue weighted by molar-refractivity contribution is -0.132. The Labute approximate surface area is 170 Å². The third-order valence-corrected chi connectivity index (χ3v) is 8.29. The molecule has 1 aromatic rings. The molecule has 0 aromatic heterocycles. The van der Waals surface area contributed by atoms with Gasteiger partial charge in [-0.25, -0.2) is 8.42 Å². The highest BCUT2D eigenvalue weighted by molar-refractivity contribution is 7.89. The van der Waals surface area contributed by atoms with Crippen molar-refractivity contribution in [3.05, 3.63) is 28.2 Å². The van der Waals surface area contributed by atoms with E-state index in [4.69, 9.17) is 23.2 Å². The fraction of sp³-hybridized carbons (Fsp3) is 0.611. The Balaban J connectivity index is 1.75. The molecule has 3 rings (SSSR count). The second kappa shape index (κ2) is 7.87. The number of nitrogens with one attached hydrogen (secondary N) is 1. The SMILES string of the molecule is CC[C@@H](C)CN1C(=O)CNC12CCN(S(=O)(=O)c1ccc(Cl)c(Cl)c1)CC2. The number of piperidine rings is 1. The fourth-order valence-corrected chi connectivity index (χ4v) is 5.55. The molecule has 2 aliphatic rings. The number of carbonyl (C=O) groups is 1. The summed E-state index contributed by atoms with van der Waals surface area (Å²) >= 11 is 11.9. The van der Waals surface area contributed by atoms with Crippen LogP contribution in [0.15, 0.2) is 23.1 Å². The maximum absolute atomic E-state index is 12.9. The van der Waals surface area contributed by atoms with Crippen molar-refractivity contribution in [2.24, 2.45) is 5.92 Å². The molecule has 1 atom stereocenters. The zero-order chi connectivity index (χ0) is 19.8. The lowest BCUT2D eigenvalue weighted by Crippen LogP contribution is -2.59. The lowest BCUT2D eigenvalue weighted by atomic mass is 9.96. The van der Waals surface area contributed by atoms with Gasteiger partial charge in [-0.15, -0.1) is 0 Å². The van der Waals surface area contributed by atoms with E-state index in [9.17, 15) is 13.2 Å². The van der Waals surface area contributed by atoms with Gasteiger partial charge in [0.2, 0.25) is 15.9 Å². The first-order valence-electron chi connectivity index (χ1n) is 9.20. The van der Waals surface area contributed by atoms with Gasteiger partial charge in [-0.1, -0.05) is 43.5 Å². The van der Waals surface area contributed by atoms with Crippen molar-refractivity contribution in [3.8, 4) is 0 Å².